The van der Waals surface area contributed by atoms with E-state index in [1.54, 1.807) is 11.8 Å². The van der Waals surface area contributed by atoms with E-state index in [1.807, 2.05) is 6.92 Å². The minimum absolute atomic E-state index is 0.852. The Kier molecular flexibility index (Phi) is 5.36. The smallest absolute Gasteiger partial charge is 0.174 e. The molecule has 1 heterocycles. The van der Waals surface area contributed by atoms with Gasteiger partial charge in [0.05, 0.1) is 0 Å². The van der Waals surface area contributed by atoms with E-state index in [2.05, 4.69) is 46.7 Å². The number of hydrogen-bond acceptors (Lipinski definition) is 5. The van der Waals surface area contributed by atoms with Crippen molar-refractivity contribution < 1.29 is 0 Å². The van der Waals surface area contributed by atoms with E-state index in [1.165, 1.54) is 34.0 Å². The van der Waals surface area contributed by atoms with E-state index >= 15 is 0 Å². The molecule has 0 amide bonds. The molecular formula is C14H19N3S2. The van der Waals surface area contributed by atoms with Gasteiger partial charge in [0.1, 0.15) is 5.82 Å². The van der Waals surface area contributed by atoms with E-state index < -0.39 is 0 Å². The lowest BCUT2D eigenvalue weighted by Crippen LogP contribution is -2.13. The molecule has 0 aliphatic heterocycles. The van der Waals surface area contributed by atoms with Crippen LogP contribution in [0.1, 0.15) is 30.3 Å². The summed E-state index contributed by atoms with van der Waals surface area (Å²) in [5.74, 6) is 0.852. The van der Waals surface area contributed by atoms with E-state index in [0.717, 1.165) is 23.3 Å². The molecule has 0 aliphatic carbocycles. The van der Waals surface area contributed by atoms with Crippen molar-refractivity contribution in [2.75, 3.05) is 6.54 Å². The van der Waals surface area contributed by atoms with Crippen LogP contribution in [0.25, 0.3) is 0 Å². The number of nitrogens with one attached hydrogen (secondary N) is 1. The van der Waals surface area contributed by atoms with Gasteiger partial charge in [-0.2, -0.15) is 4.37 Å². The van der Waals surface area contributed by atoms with Gasteiger partial charge in [0.15, 0.2) is 4.34 Å². The Balaban J connectivity index is 2.02. The average Bonchev–Trinajstić information content (AvgIpc) is 2.79. The molecule has 1 aromatic carbocycles. The molecule has 2 rings (SSSR count). The number of aryl methyl sites for hydroxylation is 2. The van der Waals surface area contributed by atoms with Crippen LogP contribution < -0.4 is 5.32 Å². The van der Waals surface area contributed by atoms with Gasteiger partial charge >= 0.3 is 0 Å². The van der Waals surface area contributed by atoms with Crippen molar-refractivity contribution in [1.29, 1.82) is 0 Å². The fourth-order valence-corrected chi connectivity index (χ4v) is 3.44. The summed E-state index contributed by atoms with van der Waals surface area (Å²) in [6.45, 7) is 8.27. The fourth-order valence-electron chi connectivity index (χ4n) is 1.76. The number of rotatable bonds is 6. The van der Waals surface area contributed by atoms with Crippen molar-refractivity contribution in [3.8, 4) is 0 Å². The van der Waals surface area contributed by atoms with Gasteiger partial charge in [-0.25, -0.2) is 4.98 Å². The summed E-state index contributed by atoms with van der Waals surface area (Å²) < 4.78 is 5.22. The summed E-state index contributed by atoms with van der Waals surface area (Å²) in [5.41, 5.74) is 2.64. The molecule has 0 atom stereocenters. The third-order valence-corrected chi connectivity index (χ3v) is 4.72. The van der Waals surface area contributed by atoms with Crippen molar-refractivity contribution in [3.63, 3.8) is 0 Å². The molecule has 0 fully saturated rings. The molecule has 19 heavy (non-hydrogen) atoms. The zero-order chi connectivity index (χ0) is 13.7. The van der Waals surface area contributed by atoms with E-state index in [9.17, 15) is 0 Å². The van der Waals surface area contributed by atoms with Crippen LogP contribution in [0, 0.1) is 13.8 Å². The molecule has 0 bridgehead atoms. The first kappa shape index (κ1) is 14.5. The molecule has 1 N–H and O–H groups in total. The Labute approximate surface area is 123 Å². The summed E-state index contributed by atoms with van der Waals surface area (Å²) in [6.07, 6.45) is 1.17. The fraction of sp³-hybridized carbons (Fsp3) is 0.429. The first-order valence-corrected chi connectivity index (χ1v) is 8.06. The standard InChI is InChI=1S/C14H19N3S2/c1-4-7-15-9-12-5-6-13(10(2)8-12)18-14-16-11(3)17-19-14/h5-6,8,15H,4,7,9H2,1-3H3. The molecule has 3 nitrogen and oxygen atoms in total. The lowest BCUT2D eigenvalue weighted by Gasteiger charge is -2.07. The molecule has 0 saturated carbocycles. The highest BCUT2D eigenvalue weighted by Gasteiger charge is 2.06. The minimum atomic E-state index is 0.852. The summed E-state index contributed by atoms with van der Waals surface area (Å²) in [5, 5.41) is 3.42. The zero-order valence-electron chi connectivity index (χ0n) is 11.6. The number of nitrogens with zero attached hydrogens (tertiary/aromatic N) is 2. The van der Waals surface area contributed by atoms with Gasteiger partial charge in [0.2, 0.25) is 0 Å². The second-order valence-electron chi connectivity index (χ2n) is 4.49. The predicted molar refractivity (Wildman–Crippen MR) is 81.9 cm³/mol. The van der Waals surface area contributed by atoms with E-state index in [0.29, 0.717) is 0 Å². The molecule has 2 aromatic rings. The SMILES string of the molecule is CCCNCc1ccc(Sc2nc(C)ns2)c(C)c1. The van der Waals surface area contributed by atoms with Gasteiger partial charge in [-0.05, 0) is 55.5 Å². The van der Waals surface area contributed by atoms with Crippen molar-refractivity contribution in [1.82, 2.24) is 14.7 Å². The Bertz CT molecular complexity index is 537. The normalized spacial score (nSPS) is 10.9. The molecule has 5 heteroatoms. The topological polar surface area (TPSA) is 37.8 Å². The lowest BCUT2D eigenvalue weighted by atomic mass is 10.1. The highest BCUT2D eigenvalue weighted by Crippen LogP contribution is 2.31. The molecule has 0 radical (unpaired) electrons. The van der Waals surface area contributed by atoms with Crippen LogP contribution >= 0.6 is 23.3 Å². The van der Waals surface area contributed by atoms with Crippen molar-refractivity contribution in [3.05, 3.63) is 35.2 Å². The van der Waals surface area contributed by atoms with Gasteiger partial charge < -0.3 is 5.32 Å². The summed E-state index contributed by atoms with van der Waals surface area (Å²) in [6, 6.07) is 6.62. The molecule has 0 saturated heterocycles. The van der Waals surface area contributed by atoms with Crippen LogP contribution in [0.4, 0.5) is 0 Å². The maximum atomic E-state index is 4.39. The summed E-state index contributed by atoms with van der Waals surface area (Å²) in [7, 11) is 0. The van der Waals surface area contributed by atoms with E-state index in [4.69, 9.17) is 0 Å². The molecule has 0 spiro atoms. The van der Waals surface area contributed by atoms with Crippen molar-refractivity contribution in [2.45, 2.75) is 43.0 Å². The molecule has 0 unspecified atom stereocenters. The lowest BCUT2D eigenvalue weighted by molar-refractivity contribution is 0.675. The van der Waals surface area contributed by atoms with Gasteiger partial charge in [-0.15, -0.1) is 0 Å². The molecule has 1 aromatic heterocycles. The maximum Gasteiger partial charge on any atom is 0.174 e. The highest BCUT2D eigenvalue weighted by molar-refractivity contribution is 8.01. The molecular weight excluding hydrogens is 274 g/mol. The monoisotopic (exact) mass is 293 g/mol. The third kappa shape index (κ3) is 4.30. The van der Waals surface area contributed by atoms with Crippen LogP contribution in [-0.2, 0) is 6.54 Å². The van der Waals surface area contributed by atoms with Crippen LogP contribution in [-0.4, -0.2) is 15.9 Å². The van der Waals surface area contributed by atoms with E-state index in [-0.39, 0.29) is 0 Å². The van der Waals surface area contributed by atoms with Crippen molar-refractivity contribution >= 4 is 23.3 Å². The highest BCUT2D eigenvalue weighted by atomic mass is 32.2. The van der Waals surface area contributed by atoms with Crippen molar-refractivity contribution in [2.24, 2.45) is 0 Å². The number of hydrogen-bond donors (Lipinski definition) is 1. The Hall–Kier alpha value is -0.910. The number of aromatic nitrogens is 2. The second kappa shape index (κ2) is 7.03. The van der Waals surface area contributed by atoms with Crippen LogP contribution in [0.15, 0.2) is 27.4 Å². The largest absolute Gasteiger partial charge is 0.313 e. The Morgan fingerprint density at radius 3 is 2.79 bits per heavy atom. The maximum absolute atomic E-state index is 4.39. The molecule has 0 aliphatic rings. The average molecular weight is 293 g/mol. The number of benzene rings is 1. The predicted octanol–water partition coefficient (Wildman–Crippen LogP) is 3.81. The van der Waals surface area contributed by atoms with Crippen LogP contribution in [0.5, 0.6) is 0 Å². The first-order valence-electron chi connectivity index (χ1n) is 6.47. The zero-order valence-corrected chi connectivity index (χ0v) is 13.2. The van der Waals surface area contributed by atoms with Crippen LogP contribution in [0.3, 0.4) is 0 Å². The third-order valence-electron chi connectivity index (χ3n) is 2.70. The molecule has 102 valence electrons. The Morgan fingerprint density at radius 2 is 2.16 bits per heavy atom. The van der Waals surface area contributed by atoms with Crippen LogP contribution in [0.2, 0.25) is 0 Å². The second-order valence-corrected chi connectivity index (χ2v) is 6.53. The van der Waals surface area contributed by atoms with Gasteiger partial charge in [0.25, 0.3) is 0 Å². The van der Waals surface area contributed by atoms with Gasteiger partial charge in [-0.1, -0.05) is 30.8 Å². The Morgan fingerprint density at radius 1 is 1.32 bits per heavy atom. The quantitative estimate of drug-likeness (QED) is 0.822. The summed E-state index contributed by atoms with van der Waals surface area (Å²) in [4.78, 5) is 5.65. The summed E-state index contributed by atoms with van der Waals surface area (Å²) >= 11 is 3.16. The first-order chi connectivity index (χ1) is 9.19. The van der Waals surface area contributed by atoms with Gasteiger partial charge in [-0.3, -0.25) is 0 Å². The van der Waals surface area contributed by atoms with Gasteiger partial charge in [0, 0.05) is 11.4 Å². The minimum Gasteiger partial charge on any atom is -0.313 e.